The van der Waals surface area contributed by atoms with E-state index in [1.165, 1.54) is 12.4 Å². The van der Waals surface area contributed by atoms with Crippen LogP contribution in [0.1, 0.15) is 25.7 Å². The number of benzene rings is 1. The highest BCUT2D eigenvalue weighted by Crippen LogP contribution is 2.20. The lowest BCUT2D eigenvalue weighted by molar-refractivity contribution is 0.373. The number of hydrogen-bond acceptors (Lipinski definition) is 5. The number of rotatable bonds is 4. The van der Waals surface area contributed by atoms with Crippen LogP contribution in [-0.2, 0) is 10.0 Å². The van der Waals surface area contributed by atoms with Gasteiger partial charge in [-0.1, -0.05) is 30.3 Å². The molecule has 0 saturated heterocycles. The lowest BCUT2D eigenvalue weighted by Crippen LogP contribution is -2.40. The van der Waals surface area contributed by atoms with Crippen LogP contribution in [0.4, 0.5) is 0 Å². The van der Waals surface area contributed by atoms with Gasteiger partial charge in [0.2, 0.25) is 10.0 Å². The molecule has 6 nitrogen and oxygen atoms in total. The van der Waals surface area contributed by atoms with Crippen LogP contribution in [0.5, 0.6) is 0 Å². The molecular weight excluding hydrogens is 348 g/mol. The summed E-state index contributed by atoms with van der Waals surface area (Å²) >= 11 is 0. The van der Waals surface area contributed by atoms with E-state index >= 15 is 0 Å². The molecule has 1 heterocycles. The Balaban J connectivity index is 0.00000208. The molecule has 1 saturated carbocycles. The number of nitrogens with two attached hydrogens (primary N) is 1. The number of hydrogen-bond donors (Lipinski definition) is 2. The molecule has 1 aromatic heterocycles. The summed E-state index contributed by atoms with van der Waals surface area (Å²) in [6.45, 7) is 0. The Hall–Kier alpha value is -1.54. The second kappa shape index (κ2) is 8.02. The van der Waals surface area contributed by atoms with Gasteiger partial charge in [0.25, 0.3) is 0 Å². The molecule has 130 valence electrons. The number of aromatic nitrogens is 2. The first-order valence-corrected chi connectivity index (χ1v) is 9.18. The summed E-state index contributed by atoms with van der Waals surface area (Å²) in [6, 6.07) is 9.57. The molecule has 1 aromatic carbocycles. The molecule has 3 N–H and O–H groups in total. The fourth-order valence-corrected chi connectivity index (χ4v) is 3.91. The van der Waals surface area contributed by atoms with E-state index < -0.39 is 10.0 Å². The highest BCUT2D eigenvalue weighted by Gasteiger charge is 2.24. The van der Waals surface area contributed by atoms with Crippen molar-refractivity contribution in [3.63, 3.8) is 0 Å². The van der Waals surface area contributed by atoms with Gasteiger partial charge in [-0.3, -0.25) is 0 Å². The zero-order valence-corrected chi connectivity index (χ0v) is 14.8. The SMILES string of the molecule is Cl.NC1CCC(NS(=O)(=O)c2cnc(-c3ccccc3)nc2)CC1. The van der Waals surface area contributed by atoms with E-state index in [0.29, 0.717) is 5.82 Å². The van der Waals surface area contributed by atoms with Crippen molar-refractivity contribution in [3.8, 4) is 11.4 Å². The predicted octanol–water partition coefficient (Wildman–Crippen LogP) is 2.11. The minimum atomic E-state index is -3.59. The van der Waals surface area contributed by atoms with Crippen LogP contribution in [-0.4, -0.2) is 30.5 Å². The summed E-state index contributed by atoms with van der Waals surface area (Å²) in [4.78, 5) is 8.43. The van der Waals surface area contributed by atoms with Crippen LogP contribution < -0.4 is 10.5 Å². The van der Waals surface area contributed by atoms with Crippen LogP contribution in [0.3, 0.4) is 0 Å². The first-order valence-electron chi connectivity index (χ1n) is 7.70. The van der Waals surface area contributed by atoms with Crippen molar-refractivity contribution < 1.29 is 8.42 Å². The lowest BCUT2D eigenvalue weighted by atomic mass is 9.93. The van der Waals surface area contributed by atoms with Gasteiger partial charge in [0.05, 0.1) is 12.4 Å². The van der Waals surface area contributed by atoms with Crippen molar-refractivity contribution in [3.05, 3.63) is 42.7 Å². The summed E-state index contributed by atoms with van der Waals surface area (Å²) in [5.41, 5.74) is 6.70. The molecule has 0 radical (unpaired) electrons. The van der Waals surface area contributed by atoms with Crippen molar-refractivity contribution >= 4 is 22.4 Å². The number of halogens is 1. The van der Waals surface area contributed by atoms with Crippen LogP contribution in [0.15, 0.2) is 47.6 Å². The third kappa shape index (κ3) is 4.51. The minimum Gasteiger partial charge on any atom is -0.328 e. The van der Waals surface area contributed by atoms with Gasteiger partial charge in [0, 0.05) is 17.6 Å². The molecule has 0 unspecified atom stereocenters. The normalized spacial score (nSPS) is 21.0. The fourth-order valence-electron chi connectivity index (χ4n) is 2.72. The van der Waals surface area contributed by atoms with E-state index in [0.717, 1.165) is 31.2 Å². The maximum Gasteiger partial charge on any atom is 0.243 e. The molecular formula is C16H21ClN4O2S. The van der Waals surface area contributed by atoms with Gasteiger partial charge in [0.1, 0.15) is 4.90 Å². The highest BCUT2D eigenvalue weighted by atomic mass is 35.5. The molecule has 0 amide bonds. The van der Waals surface area contributed by atoms with Crippen LogP contribution in [0, 0.1) is 0 Å². The summed E-state index contributed by atoms with van der Waals surface area (Å²) in [6.07, 6.45) is 5.93. The average molecular weight is 369 g/mol. The zero-order chi connectivity index (χ0) is 16.3. The molecule has 24 heavy (non-hydrogen) atoms. The molecule has 8 heteroatoms. The van der Waals surface area contributed by atoms with Crippen LogP contribution >= 0.6 is 12.4 Å². The average Bonchev–Trinajstić information content (AvgIpc) is 2.58. The number of sulfonamides is 1. The van der Waals surface area contributed by atoms with E-state index in [1.54, 1.807) is 0 Å². The van der Waals surface area contributed by atoms with Gasteiger partial charge in [-0.2, -0.15) is 0 Å². The summed E-state index contributed by atoms with van der Waals surface area (Å²) in [7, 11) is -3.59. The zero-order valence-electron chi connectivity index (χ0n) is 13.1. The maximum atomic E-state index is 12.4. The third-order valence-electron chi connectivity index (χ3n) is 4.06. The van der Waals surface area contributed by atoms with E-state index in [-0.39, 0.29) is 29.4 Å². The van der Waals surface area contributed by atoms with Crippen molar-refractivity contribution in [2.75, 3.05) is 0 Å². The van der Waals surface area contributed by atoms with Crippen LogP contribution in [0.2, 0.25) is 0 Å². The van der Waals surface area contributed by atoms with E-state index in [9.17, 15) is 8.42 Å². The largest absolute Gasteiger partial charge is 0.328 e. The first kappa shape index (κ1) is 18.8. The smallest absolute Gasteiger partial charge is 0.243 e. The Bertz CT molecular complexity index is 745. The molecule has 3 rings (SSSR count). The van der Waals surface area contributed by atoms with Crippen molar-refractivity contribution in [1.82, 2.24) is 14.7 Å². The molecule has 1 fully saturated rings. The number of nitrogens with zero attached hydrogens (tertiary/aromatic N) is 2. The third-order valence-corrected chi connectivity index (χ3v) is 5.54. The monoisotopic (exact) mass is 368 g/mol. The Morgan fingerprint density at radius 3 is 2.17 bits per heavy atom. The number of nitrogens with one attached hydrogen (secondary N) is 1. The quantitative estimate of drug-likeness (QED) is 0.861. The predicted molar refractivity (Wildman–Crippen MR) is 95.3 cm³/mol. The molecule has 0 atom stereocenters. The van der Waals surface area contributed by atoms with Crippen molar-refractivity contribution in [2.45, 2.75) is 42.7 Å². The minimum absolute atomic E-state index is 0. The van der Waals surface area contributed by atoms with Gasteiger partial charge in [-0.15, -0.1) is 12.4 Å². The summed E-state index contributed by atoms with van der Waals surface area (Å²) < 4.78 is 27.5. The van der Waals surface area contributed by atoms with Gasteiger partial charge in [0.15, 0.2) is 5.82 Å². The Kier molecular flexibility index (Phi) is 6.28. The van der Waals surface area contributed by atoms with Gasteiger partial charge in [-0.25, -0.2) is 23.1 Å². The van der Waals surface area contributed by atoms with Crippen molar-refractivity contribution in [1.29, 1.82) is 0 Å². The molecule has 0 aliphatic heterocycles. The van der Waals surface area contributed by atoms with Crippen molar-refractivity contribution in [2.24, 2.45) is 5.73 Å². The van der Waals surface area contributed by atoms with Gasteiger partial charge in [-0.05, 0) is 25.7 Å². The summed E-state index contributed by atoms with van der Waals surface area (Å²) in [5, 5.41) is 0. The lowest BCUT2D eigenvalue weighted by Gasteiger charge is -2.26. The van der Waals surface area contributed by atoms with E-state index in [4.69, 9.17) is 5.73 Å². The second-order valence-corrected chi connectivity index (χ2v) is 7.56. The molecule has 0 bridgehead atoms. The van der Waals surface area contributed by atoms with Gasteiger partial charge < -0.3 is 5.73 Å². The fraction of sp³-hybridized carbons (Fsp3) is 0.375. The first-order chi connectivity index (χ1) is 11.0. The van der Waals surface area contributed by atoms with E-state index in [1.807, 2.05) is 30.3 Å². The standard InChI is InChI=1S/C16H20N4O2S.ClH/c17-13-6-8-14(9-7-13)20-23(21,22)15-10-18-16(19-11-15)12-4-2-1-3-5-12;/h1-5,10-11,13-14,20H,6-9,17H2;1H. The molecule has 2 aromatic rings. The molecule has 1 aliphatic rings. The molecule has 0 spiro atoms. The Labute approximate surface area is 148 Å². The van der Waals surface area contributed by atoms with E-state index in [2.05, 4.69) is 14.7 Å². The second-order valence-electron chi connectivity index (χ2n) is 5.84. The Morgan fingerprint density at radius 2 is 1.58 bits per heavy atom. The molecule has 1 aliphatic carbocycles. The highest BCUT2D eigenvalue weighted by molar-refractivity contribution is 7.89. The summed E-state index contributed by atoms with van der Waals surface area (Å²) in [5.74, 6) is 0.508. The maximum absolute atomic E-state index is 12.4. The van der Waals surface area contributed by atoms with Gasteiger partial charge >= 0.3 is 0 Å². The topological polar surface area (TPSA) is 98.0 Å². The Morgan fingerprint density at radius 1 is 1.00 bits per heavy atom. The van der Waals surface area contributed by atoms with Crippen LogP contribution in [0.25, 0.3) is 11.4 Å².